The van der Waals surface area contributed by atoms with Crippen LogP contribution in [0.2, 0.25) is 0 Å². The summed E-state index contributed by atoms with van der Waals surface area (Å²) in [7, 11) is 0. The van der Waals surface area contributed by atoms with Gasteiger partial charge in [-0.1, -0.05) is 18.2 Å². The molecule has 0 saturated carbocycles. The second kappa shape index (κ2) is 12.4. The minimum atomic E-state index is -4.48. The summed E-state index contributed by atoms with van der Waals surface area (Å²) in [6, 6.07) is 17.6. The van der Waals surface area contributed by atoms with Gasteiger partial charge in [-0.3, -0.25) is 19.1 Å². The molecule has 2 aromatic carbocycles. The van der Waals surface area contributed by atoms with E-state index >= 15 is 0 Å². The van der Waals surface area contributed by atoms with Crippen LogP contribution in [0.5, 0.6) is 5.75 Å². The lowest BCUT2D eigenvalue weighted by atomic mass is 10.1. The van der Waals surface area contributed by atoms with Gasteiger partial charge in [-0.25, -0.2) is 9.97 Å². The van der Waals surface area contributed by atoms with Gasteiger partial charge in [0.05, 0.1) is 35.7 Å². The van der Waals surface area contributed by atoms with Gasteiger partial charge in [-0.05, 0) is 79.6 Å². The minimum absolute atomic E-state index is 0.119. The van der Waals surface area contributed by atoms with Crippen molar-refractivity contribution in [1.82, 2.24) is 24.4 Å². The highest BCUT2D eigenvalue weighted by atomic mass is 19.4. The van der Waals surface area contributed by atoms with E-state index in [4.69, 9.17) is 9.72 Å². The van der Waals surface area contributed by atoms with Gasteiger partial charge < -0.3 is 9.64 Å². The number of aromatic nitrogens is 4. The van der Waals surface area contributed by atoms with Crippen molar-refractivity contribution in [2.24, 2.45) is 0 Å². The first-order valence-corrected chi connectivity index (χ1v) is 13.6. The van der Waals surface area contributed by atoms with Crippen LogP contribution in [0.4, 0.5) is 13.2 Å². The fourth-order valence-corrected chi connectivity index (χ4v) is 4.78. The van der Waals surface area contributed by atoms with Crippen molar-refractivity contribution in [1.29, 1.82) is 0 Å². The number of rotatable bonds is 9. The van der Waals surface area contributed by atoms with Crippen molar-refractivity contribution >= 4 is 16.9 Å². The molecule has 3 heterocycles. The number of pyridine rings is 2. The van der Waals surface area contributed by atoms with E-state index in [1.54, 1.807) is 61.8 Å². The highest BCUT2D eigenvalue weighted by molar-refractivity contribution is 5.79. The van der Waals surface area contributed by atoms with Gasteiger partial charge in [0.2, 0.25) is 5.91 Å². The average Bonchev–Trinajstić information content (AvgIpc) is 3.00. The Balaban J connectivity index is 1.59. The van der Waals surface area contributed by atoms with Crippen LogP contribution < -0.4 is 10.3 Å². The smallest absolute Gasteiger partial charge is 0.416 e. The zero-order chi connectivity index (χ0) is 30.6. The van der Waals surface area contributed by atoms with Crippen molar-refractivity contribution in [3.05, 3.63) is 124 Å². The van der Waals surface area contributed by atoms with E-state index in [2.05, 4.69) is 9.97 Å². The van der Waals surface area contributed by atoms with Crippen molar-refractivity contribution in [2.75, 3.05) is 6.61 Å². The van der Waals surface area contributed by atoms with Crippen LogP contribution in [0.3, 0.4) is 0 Å². The molecule has 0 bridgehead atoms. The number of alkyl halides is 3. The van der Waals surface area contributed by atoms with Crippen molar-refractivity contribution in [2.45, 2.75) is 39.0 Å². The molecule has 5 aromatic rings. The lowest BCUT2D eigenvalue weighted by Gasteiger charge is -2.31. The molecule has 5 rings (SSSR count). The van der Waals surface area contributed by atoms with Crippen LogP contribution >= 0.6 is 0 Å². The number of halogens is 3. The third-order valence-corrected chi connectivity index (χ3v) is 6.95. The maximum atomic E-state index is 13.9. The minimum Gasteiger partial charge on any atom is -0.494 e. The largest absolute Gasteiger partial charge is 0.494 e. The van der Waals surface area contributed by atoms with Crippen LogP contribution in [-0.2, 0) is 23.9 Å². The molecule has 0 fully saturated rings. The van der Waals surface area contributed by atoms with Crippen LogP contribution in [0.1, 0.15) is 42.4 Å². The van der Waals surface area contributed by atoms with E-state index in [1.807, 2.05) is 13.0 Å². The van der Waals surface area contributed by atoms with E-state index < -0.39 is 17.8 Å². The predicted molar refractivity (Wildman–Crippen MR) is 155 cm³/mol. The Labute approximate surface area is 245 Å². The van der Waals surface area contributed by atoms with Crippen molar-refractivity contribution < 1.29 is 22.7 Å². The zero-order valence-electron chi connectivity index (χ0n) is 23.5. The summed E-state index contributed by atoms with van der Waals surface area (Å²) < 4.78 is 46.3. The summed E-state index contributed by atoms with van der Waals surface area (Å²) in [6.45, 7) is 4.22. The molecule has 0 saturated heterocycles. The molecule has 3 aromatic heterocycles. The summed E-state index contributed by atoms with van der Waals surface area (Å²) in [5.41, 5.74) is 0.734. The summed E-state index contributed by atoms with van der Waals surface area (Å²) >= 11 is 0. The number of amides is 1. The molecule has 220 valence electrons. The number of fused-ring (bicyclic) bond motifs is 1. The van der Waals surface area contributed by atoms with Gasteiger partial charge >= 0.3 is 6.18 Å². The van der Waals surface area contributed by atoms with Gasteiger partial charge in [0.1, 0.15) is 11.6 Å². The van der Waals surface area contributed by atoms with E-state index in [-0.39, 0.29) is 35.9 Å². The van der Waals surface area contributed by atoms with Crippen LogP contribution in [0, 0.1) is 0 Å². The Kier molecular flexibility index (Phi) is 8.51. The lowest BCUT2D eigenvalue weighted by molar-refractivity contribution is -0.137. The van der Waals surface area contributed by atoms with Crippen LogP contribution in [-0.4, -0.2) is 36.9 Å². The number of hydrogen-bond acceptors (Lipinski definition) is 6. The first-order valence-electron chi connectivity index (χ1n) is 13.6. The quantitative estimate of drug-likeness (QED) is 0.213. The molecule has 1 amide bonds. The van der Waals surface area contributed by atoms with Crippen LogP contribution in [0.15, 0.2) is 96.2 Å². The number of ether oxygens (including phenoxy) is 1. The molecule has 0 aliphatic rings. The van der Waals surface area contributed by atoms with E-state index in [0.29, 0.717) is 29.0 Å². The molecule has 0 aliphatic carbocycles. The number of carbonyl (C=O) groups excluding carboxylic acids is 1. The molecule has 43 heavy (non-hydrogen) atoms. The zero-order valence-corrected chi connectivity index (χ0v) is 23.5. The number of carbonyl (C=O) groups is 1. The number of nitrogens with zero attached hydrogens (tertiary/aromatic N) is 5. The van der Waals surface area contributed by atoms with E-state index in [9.17, 15) is 22.8 Å². The summed E-state index contributed by atoms with van der Waals surface area (Å²) in [4.78, 5) is 42.5. The third kappa shape index (κ3) is 6.56. The fraction of sp³-hybridized carbons (Fsp3) is 0.219. The topological polar surface area (TPSA) is 90.2 Å². The first kappa shape index (κ1) is 29.4. The van der Waals surface area contributed by atoms with Gasteiger partial charge in [-0.2, -0.15) is 13.2 Å². The predicted octanol–water partition coefficient (Wildman–Crippen LogP) is 5.93. The highest BCUT2D eigenvalue weighted by Gasteiger charge is 2.31. The van der Waals surface area contributed by atoms with E-state index in [0.717, 1.165) is 17.7 Å². The molecule has 8 nitrogen and oxygen atoms in total. The molecular weight excluding hydrogens is 559 g/mol. The summed E-state index contributed by atoms with van der Waals surface area (Å²) in [6.07, 6.45) is 0.126. The molecule has 0 aliphatic heterocycles. The van der Waals surface area contributed by atoms with Gasteiger partial charge in [0, 0.05) is 25.1 Å². The Bertz CT molecular complexity index is 1770. The second-order valence-electron chi connectivity index (χ2n) is 9.84. The highest BCUT2D eigenvalue weighted by Crippen LogP contribution is 2.30. The summed E-state index contributed by atoms with van der Waals surface area (Å²) in [5, 5.41) is 0.308. The van der Waals surface area contributed by atoms with E-state index in [1.165, 1.54) is 27.8 Å². The Morgan fingerprint density at radius 1 is 0.977 bits per heavy atom. The standard InChI is InChI=1S/C32H28F3N5O3/c1-3-43-26-14-12-25(13-15-26)40-30(38-29-27(31(40)42)7-5-17-37-29)21(2)39(20-23-6-4-16-36-19-23)28(41)18-22-8-10-24(11-9-22)32(33,34)35/h4-17,19,21H,3,18,20H2,1-2H3. The number of benzene rings is 2. The van der Waals surface area contributed by atoms with Crippen molar-refractivity contribution in [3.8, 4) is 11.4 Å². The molecule has 11 heteroatoms. The maximum Gasteiger partial charge on any atom is 0.416 e. The maximum absolute atomic E-state index is 13.9. The molecule has 1 unspecified atom stereocenters. The molecular formula is C32H28F3N5O3. The summed E-state index contributed by atoms with van der Waals surface area (Å²) in [5.74, 6) is 0.531. The molecule has 1 atom stereocenters. The first-order chi connectivity index (χ1) is 20.7. The van der Waals surface area contributed by atoms with Crippen molar-refractivity contribution in [3.63, 3.8) is 0 Å². The van der Waals surface area contributed by atoms with Gasteiger partial charge in [-0.15, -0.1) is 0 Å². The third-order valence-electron chi connectivity index (χ3n) is 6.95. The Hall–Kier alpha value is -5.06. The van der Waals surface area contributed by atoms with Gasteiger partial charge in [0.25, 0.3) is 5.56 Å². The molecule has 0 spiro atoms. The second-order valence-corrected chi connectivity index (χ2v) is 9.84. The van der Waals surface area contributed by atoms with Gasteiger partial charge in [0.15, 0.2) is 5.65 Å². The fourth-order valence-electron chi connectivity index (χ4n) is 4.78. The molecule has 0 N–H and O–H groups in total. The molecule has 0 radical (unpaired) electrons. The Morgan fingerprint density at radius 3 is 2.35 bits per heavy atom. The SMILES string of the molecule is CCOc1ccc(-n2c(C(C)N(Cc3cccnc3)C(=O)Cc3ccc(C(F)(F)F)cc3)nc3ncccc3c2=O)cc1. The Morgan fingerprint density at radius 2 is 1.70 bits per heavy atom. The average molecular weight is 588 g/mol. The normalized spacial score (nSPS) is 12.2. The monoisotopic (exact) mass is 587 g/mol. The lowest BCUT2D eigenvalue weighted by Crippen LogP contribution is -2.38. The van der Waals surface area contributed by atoms with Crippen LogP contribution in [0.25, 0.3) is 16.7 Å². The number of hydrogen-bond donors (Lipinski definition) is 0.